The first-order valence-corrected chi connectivity index (χ1v) is 11.2. The number of amides is 1. The van der Waals surface area contributed by atoms with Crippen LogP contribution in [0.1, 0.15) is 97.8 Å². The van der Waals surface area contributed by atoms with Gasteiger partial charge in [0.2, 0.25) is 5.91 Å². The minimum absolute atomic E-state index is 0.0634. The maximum Gasteiger partial charge on any atom is 0.228 e. The molecular weight excluding hydrogens is 322 g/mol. The Balaban J connectivity index is 0.000000273. The van der Waals surface area contributed by atoms with E-state index in [-0.39, 0.29) is 17.9 Å². The smallest absolute Gasteiger partial charge is 0.228 e. The quantitative estimate of drug-likeness (QED) is 0.543. The van der Waals surface area contributed by atoms with E-state index >= 15 is 0 Å². The number of carbonyl (C=O) groups excluding carboxylic acids is 1. The van der Waals surface area contributed by atoms with Crippen LogP contribution < -0.4 is 10.6 Å². The SMILES string of the molecule is CCC1CNC(=O)C(C)C=N1.CCCCCCCCCCC1CCCN1. The van der Waals surface area contributed by atoms with Gasteiger partial charge in [0.1, 0.15) is 0 Å². The molecule has 0 spiro atoms. The summed E-state index contributed by atoms with van der Waals surface area (Å²) in [6, 6.07) is 1.15. The van der Waals surface area contributed by atoms with Gasteiger partial charge in [0.05, 0.1) is 12.0 Å². The highest BCUT2D eigenvalue weighted by Gasteiger charge is 2.16. The third-order valence-electron chi connectivity index (χ3n) is 5.49. The van der Waals surface area contributed by atoms with Crippen molar-refractivity contribution in [3.05, 3.63) is 0 Å². The highest BCUT2D eigenvalue weighted by atomic mass is 16.1. The number of rotatable bonds is 10. The zero-order valence-corrected chi connectivity index (χ0v) is 17.6. The van der Waals surface area contributed by atoms with Gasteiger partial charge in [-0.2, -0.15) is 0 Å². The molecule has 1 saturated heterocycles. The van der Waals surface area contributed by atoms with Crippen molar-refractivity contribution in [3.8, 4) is 0 Å². The number of nitrogens with one attached hydrogen (secondary N) is 2. The van der Waals surface area contributed by atoms with Gasteiger partial charge >= 0.3 is 0 Å². The zero-order valence-electron chi connectivity index (χ0n) is 17.6. The molecule has 2 aliphatic heterocycles. The Morgan fingerprint density at radius 1 is 1.08 bits per heavy atom. The summed E-state index contributed by atoms with van der Waals surface area (Å²) < 4.78 is 0. The maximum atomic E-state index is 11.1. The molecule has 3 unspecified atom stereocenters. The molecule has 0 bridgehead atoms. The van der Waals surface area contributed by atoms with Gasteiger partial charge in [0.15, 0.2) is 0 Å². The molecule has 0 radical (unpaired) electrons. The van der Waals surface area contributed by atoms with Crippen LogP contribution in [0.5, 0.6) is 0 Å². The zero-order chi connectivity index (χ0) is 19.0. The van der Waals surface area contributed by atoms with E-state index in [0.29, 0.717) is 6.54 Å². The van der Waals surface area contributed by atoms with Crippen LogP contribution in [0.4, 0.5) is 0 Å². The minimum Gasteiger partial charge on any atom is -0.353 e. The van der Waals surface area contributed by atoms with Gasteiger partial charge in [0, 0.05) is 18.8 Å². The van der Waals surface area contributed by atoms with Gasteiger partial charge in [0.25, 0.3) is 0 Å². The van der Waals surface area contributed by atoms with Crippen molar-refractivity contribution < 1.29 is 4.79 Å². The second-order valence-corrected chi connectivity index (χ2v) is 7.95. The highest BCUT2D eigenvalue weighted by molar-refractivity contribution is 5.93. The average molecular weight is 366 g/mol. The van der Waals surface area contributed by atoms with Crippen LogP contribution in [0.2, 0.25) is 0 Å². The normalized spacial score (nSPS) is 25.3. The third kappa shape index (κ3) is 10.9. The molecule has 4 nitrogen and oxygen atoms in total. The molecule has 0 aliphatic carbocycles. The molecule has 2 rings (SSSR count). The number of hydrogen-bond acceptors (Lipinski definition) is 3. The van der Waals surface area contributed by atoms with Gasteiger partial charge in [-0.1, -0.05) is 65.2 Å². The summed E-state index contributed by atoms with van der Waals surface area (Å²) in [5.74, 6) is 0.0243. The Morgan fingerprint density at radius 3 is 2.38 bits per heavy atom. The van der Waals surface area contributed by atoms with Gasteiger partial charge in [-0.25, -0.2) is 0 Å². The van der Waals surface area contributed by atoms with Crippen LogP contribution in [0.15, 0.2) is 4.99 Å². The Bertz CT molecular complexity index is 378. The van der Waals surface area contributed by atoms with E-state index in [4.69, 9.17) is 0 Å². The Kier molecular flexibility index (Phi) is 13.5. The second kappa shape index (κ2) is 15.2. The summed E-state index contributed by atoms with van der Waals surface area (Å²) in [6.07, 6.45) is 18.6. The van der Waals surface area contributed by atoms with Crippen LogP contribution in [0.25, 0.3) is 0 Å². The van der Waals surface area contributed by atoms with Crippen molar-refractivity contribution in [3.63, 3.8) is 0 Å². The Morgan fingerprint density at radius 2 is 1.77 bits per heavy atom. The molecule has 4 heteroatoms. The largest absolute Gasteiger partial charge is 0.353 e. The lowest BCUT2D eigenvalue weighted by Gasteiger charge is -2.09. The van der Waals surface area contributed by atoms with Crippen LogP contribution in [-0.2, 0) is 4.79 Å². The highest BCUT2D eigenvalue weighted by Crippen LogP contribution is 2.14. The summed E-state index contributed by atoms with van der Waals surface area (Å²) in [7, 11) is 0. The lowest BCUT2D eigenvalue weighted by molar-refractivity contribution is -0.122. The molecule has 0 saturated carbocycles. The van der Waals surface area contributed by atoms with Gasteiger partial charge in [-0.05, 0) is 39.2 Å². The third-order valence-corrected chi connectivity index (χ3v) is 5.49. The van der Waals surface area contributed by atoms with E-state index in [1.165, 1.54) is 77.2 Å². The van der Waals surface area contributed by atoms with E-state index in [0.717, 1.165) is 12.5 Å². The molecule has 1 fully saturated rings. The fourth-order valence-electron chi connectivity index (χ4n) is 3.53. The Hall–Kier alpha value is -0.900. The molecule has 2 N–H and O–H groups in total. The van der Waals surface area contributed by atoms with Crippen molar-refractivity contribution in [2.75, 3.05) is 13.1 Å². The number of carbonyl (C=O) groups is 1. The van der Waals surface area contributed by atoms with E-state index in [1.54, 1.807) is 6.21 Å². The van der Waals surface area contributed by atoms with Gasteiger partial charge < -0.3 is 10.6 Å². The van der Waals surface area contributed by atoms with Crippen molar-refractivity contribution in [1.82, 2.24) is 10.6 Å². The number of nitrogens with zero attached hydrogens (tertiary/aromatic N) is 1. The molecule has 0 aromatic heterocycles. The van der Waals surface area contributed by atoms with Crippen molar-refractivity contribution in [2.45, 2.75) is 110 Å². The predicted molar refractivity (Wildman–Crippen MR) is 113 cm³/mol. The van der Waals surface area contributed by atoms with Crippen LogP contribution in [0.3, 0.4) is 0 Å². The lowest BCUT2D eigenvalue weighted by atomic mass is 10.0. The summed E-state index contributed by atoms with van der Waals surface area (Å²) in [4.78, 5) is 15.3. The first-order chi connectivity index (χ1) is 12.7. The number of hydrogen-bond donors (Lipinski definition) is 2. The van der Waals surface area contributed by atoms with Crippen LogP contribution >= 0.6 is 0 Å². The number of aliphatic imine (C=N–C) groups is 1. The topological polar surface area (TPSA) is 53.5 Å². The molecule has 2 heterocycles. The van der Waals surface area contributed by atoms with E-state index in [1.807, 2.05) is 6.92 Å². The molecule has 0 aromatic rings. The molecule has 26 heavy (non-hydrogen) atoms. The number of unbranched alkanes of at least 4 members (excludes halogenated alkanes) is 7. The van der Waals surface area contributed by atoms with Crippen LogP contribution in [0, 0.1) is 5.92 Å². The molecule has 3 atom stereocenters. The molecule has 0 aromatic carbocycles. The summed E-state index contributed by atoms with van der Waals surface area (Å²) in [5, 5.41) is 6.41. The summed E-state index contributed by atoms with van der Waals surface area (Å²) in [5.41, 5.74) is 0. The minimum atomic E-state index is -0.0634. The standard InChI is InChI=1S/C14H29N.C8H14N2O/c1-2-3-4-5-6-7-8-9-11-14-12-10-13-15-14;1-3-7-5-10-8(11)6(2)4-9-7/h14-15H,2-13H2,1H3;4,6-7H,3,5H2,1-2H3,(H,10,11). The first kappa shape index (κ1) is 23.1. The van der Waals surface area contributed by atoms with Gasteiger partial charge in [-0.15, -0.1) is 0 Å². The van der Waals surface area contributed by atoms with Crippen molar-refractivity contribution in [2.24, 2.45) is 10.9 Å². The predicted octanol–water partition coefficient (Wildman–Crippen LogP) is 4.87. The first-order valence-electron chi connectivity index (χ1n) is 11.2. The molecule has 2 aliphatic rings. The summed E-state index contributed by atoms with van der Waals surface area (Å²) in [6.45, 7) is 8.17. The van der Waals surface area contributed by atoms with E-state index in [2.05, 4.69) is 29.5 Å². The van der Waals surface area contributed by atoms with Crippen molar-refractivity contribution in [1.29, 1.82) is 0 Å². The van der Waals surface area contributed by atoms with Crippen molar-refractivity contribution >= 4 is 12.1 Å². The van der Waals surface area contributed by atoms with Crippen LogP contribution in [-0.4, -0.2) is 37.3 Å². The fraction of sp³-hybridized carbons (Fsp3) is 0.909. The molecule has 1 amide bonds. The van der Waals surface area contributed by atoms with Gasteiger partial charge in [-0.3, -0.25) is 9.79 Å². The lowest BCUT2D eigenvalue weighted by Crippen LogP contribution is -2.31. The maximum absolute atomic E-state index is 11.1. The average Bonchev–Trinajstić information content (AvgIpc) is 3.11. The summed E-state index contributed by atoms with van der Waals surface area (Å²) >= 11 is 0. The monoisotopic (exact) mass is 365 g/mol. The molecular formula is C22H43N3O. The van der Waals surface area contributed by atoms with E-state index < -0.39 is 0 Å². The Labute approximate surface area is 162 Å². The second-order valence-electron chi connectivity index (χ2n) is 7.95. The molecule has 152 valence electrons. The fourth-order valence-corrected chi connectivity index (χ4v) is 3.53. The van der Waals surface area contributed by atoms with E-state index in [9.17, 15) is 4.79 Å².